The number of nitrogens with two attached hydrogens (primary N) is 1. The molecule has 0 radical (unpaired) electrons. The third-order valence-electron chi connectivity index (χ3n) is 4.13. The van der Waals surface area contributed by atoms with Crippen LogP contribution in [0.15, 0.2) is 18.2 Å². The summed E-state index contributed by atoms with van der Waals surface area (Å²) in [4.78, 5) is 13.4. The number of amides is 1. The van der Waals surface area contributed by atoms with Crippen molar-refractivity contribution in [2.75, 3.05) is 31.7 Å². The van der Waals surface area contributed by atoms with Crippen LogP contribution in [0.5, 0.6) is 0 Å². The van der Waals surface area contributed by atoms with Crippen molar-refractivity contribution in [3.05, 3.63) is 23.8 Å². The van der Waals surface area contributed by atoms with Crippen LogP contribution < -0.4 is 11.1 Å². The van der Waals surface area contributed by atoms with Gasteiger partial charge >= 0.3 is 0 Å². The van der Waals surface area contributed by atoms with Crippen molar-refractivity contribution in [1.29, 1.82) is 0 Å². The molecule has 1 amide bonds. The fraction of sp³-hybridized carbons (Fsp3) is 0.562. The van der Waals surface area contributed by atoms with E-state index in [4.69, 9.17) is 5.73 Å². The highest BCUT2D eigenvalue weighted by Crippen LogP contribution is 2.26. The number of rotatable bonds is 4. The van der Waals surface area contributed by atoms with E-state index >= 15 is 0 Å². The van der Waals surface area contributed by atoms with Gasteiger partial charge in [-0.1, -0.05) is 12.8 Å². The molecule has 1 saturated carbocycles. The minimum Gasteiger partial charge on any atom is -0.397 e. The first-order chi connectivity index (χ1) is 9.99. The number of carbonyl (C=O) groups is 1. The van der Waals surface area contributed by atoms with Gasteiger partial charge in [0.25, 0.3) is 5.91 Å². The number of hydrogen-bond donors (Lipinski definition) is 3. The second-order valence-electron chi connectivity index (χ2n) is 5.99. The minimum absolute atomic E-state index is 0.0593. The molecule has 0 aliphatic heterocycles. The van der Waals surface area contributed by atoms with Gasteiger partial charge in [0, 0.05) is 32.1 Å². The third kappa shape index (κ3) is 3.88. The van der Waals surface area contributed by atoms with Crippen LogP contribution in [0.1, 0.15) is 36.0 Å². The quantitative estimate of drug-likeness (QED) is 0.741. The zero-order valence-electron chi connectivity index (χ0n) is 12.8. The molecule has 0 saturated heterocycles. The van der Waals surface area contributed by atoms with Gasteiger partial charge in [-0.3, -0.25) is 4.79 Å². The second kappa shape index (κ2) is 6.80. The Hall–Kier alpha value is -1.75. The number of benzene rings is 1. The largest absolute Gasteiger partial charge is 0.397 e. The Morgan fingerprint density at radius 3 is 2.71 bits per heavy atom. The van der Waals surface area contributed by atoms with Gasteiger partial charge in [-0.2, -0.15) is 0 Å². The van der Waals surface area contributed by atoms with Crippen molar-refractivity contribution < 1.29 is 9.90 Å². The molecule has 5 nitrogen and oxygen atoms in total. The van der Waals surface area contributed by atoms with Crippen molar-refractivity contribution in [2.45, 2.75) is 31.8 Å². The van der Waals surface area contributed by atoms with E-state index in [1.54, 1.807) is 26.2 Å². The molecule has 1 fully saturated rings. The Morgan fingerprint density at radius 2 is 2.10 bits per heavy atom. The average Bonchev–Trinajstić information content (AvgIpc) is 2.46. The van der Waals surface area contributed by atoms with E-state index < -0.39 is 0 Å². The monoisotopic (exact) mass is 291 g/mol. The first-order valence-corrected chi connectivity index (χ1v) is 7.52. The van der Waals surface area contributed by atoms with Gasteiger partial charge in [-0.15, -0.1) is 0 Å². The predicted octanol–water partition coefficient (Wildman–Crippen LogP) is 1.93. The number of nitrogens with one attached hydrogen (secondary N) is 1. The first-order valence-electron chi connectivity index (χ1n) is 7.52. The van der Waals surface area contributed by atoms with Crippen molar-refractivity contribution >= 4 is 17.3 Å². The van der Waals surface area contributed by atoms with Gasteiger partial charge in [-0.05, 0) is 31.0 Å². The molecule has 1 aromatic carbocycles. The summed E-state index contributed by atoms with van der Waals surface area (Å²) in [5, 5.41) is 13.3. The number of hydrogen-bond acceptors (Lipinski definition) is 4. The van der Waals surface area contributed by atoms with E-state index in [-0.39, 0.29) is 17.9 Å². The minimum atomic E-state index is -0.220. The number of nitrogen functional groups attached to an aromatic ring is 1. The summed E-state index contributed by atoms with van der Waals surface area (Å²) in [5.74, 6) is 0.220. The molecule has 116 valence electrons. The van der Waals surface area contributed by atoms with Crippen LogP contribution in [0.4, 0.5) is 11.4 Å². The Labute approximate surface area is 126 Å². The van der Waals surface area contributed by atoms with Gasteiger partial charge in [0.2, 0.25) is 0 Å². The highest BCUT2D eigenvalue weighted by molar-refractivity contribution is 5.95. The molecule has 0 spiro atoms. The number of carbonyl (C=O) groups excluding carboxylic acids is 1. The molecule has 5 heteroatoms. The molecule has 0 heterocycles. The average molecular weight is 291 g/mol. The van der Waals surface area contributed by atoms with Crippen LogP contribution in [0, 0.1) is 5.92 Å². The maximum Gasteiger partial charge on any atom is 0.253 e. The lowest BCUT2D eigenvalue weighted by molar-refractivity contribution is 0.0763. The van der Waals surface area contributed by atoms with Crippen LogP contribution in [0.3, 0.4) is 0 Å². The third-order valence-corrected chi connectivity index (χ3v) is 4.13. The summed E-state index contributed by atoms with van der Waals surface area (Å²) in [7, 11) is 3.43. The van der Waals surface area contributed by atoms with Gasteiger partial charge < -0.3 is 21.1 Å². The summed E-state index contributed by atoms with van der Waals surface area (Å²) in [6, 6.07) is 5.31. The van der Waals surface area contributed by atoms with Crippen LogP contribution in [0.25, 0.3) is 0 Å². The van der Waals surface area contributed by atoms with Crippen LogP contribution in [0.2, 0.25) is 0 Å². The van der Waals surface area contributed by atoms with E-state index in [1.165, 1.54) is 11.3 Å². The molecule has 1 aromatic rings. The Kier molecular flexibility index (Phi) is 5.07. The van der Waals surface area contributed by atoms with E-state index in [2.05, 4.69) is 5.32 Å². The number of aliphatic hydroxyl groups excluding tert-OH is 1. The molecular weight excluding hydrogens is 266 g/mol. The van der Waals surface area contributed by atoms with Crippen LogP contribution >= 0.6 is 0 Å². The standard InChI is InChI=1S/C16H25N3O2/c1-19(2)16(21)11-7-8-14(13(17)9-11)18-10-12-5-3-4-6-15(12)20/h7-9,12,15,18,20H,3-6,10,17H2,1-2H3. The predicted molar refractivity (Wildman–Crippen MR) is 85.3 cm³/mol. The van der Waals surface area contributed by atoms with Gasteiger partial charge in [0.15, 0.2) is 0 Å². The fourth-order valence-corrected chi connectivity index (χ4v) is 2.78. The molecule has 2 unspecified atom stereocenters. The van der Waals surface area contributed by atoms with Crippen LogP contribution in [-0.4, -0.2) is 42.7 Å². The SMILES string of the molecule is CN(C)C(=O)c1ccc(NCC2CCCCC2O)c(N)c1. The second-order valence-corrected chi connectivity index (χ2v) is 5.99. The summed E-state index contributed by atoms with van der Waals surface area (Å²) in [6.45, 7) is 0.715. The molecule has 0 bridgehead atoms. The summed E-state index contributed by atoms with van der Waals surface area (Å²) < 4.78 is 0. The van der Waals surface area contributed by atoms with E-state index in [0.29, 0.717) is 17.8 Å². The summed E-state index contributed by atoms with van der Waals surface area (Å²) in [6.07, 6.45) is 4.00. The molecule has 21 heavy (non-hydrogen) atoms. The molecule has 2 atom stereocenters. The smallest absolute Gasteiger partial charge is 0.253 e. The van der Waals surface area contributed by atoms with Crippen LogP contribution in [-0.2, 0) is 0 Å². The van der Waals surface area contributed by atoms with E-state index in [0.717, 1.165) is 24.9 Å². The summed E-state index contributed by atoms with van der Waals surface area (Å²) >= 11 is 0. The first kappa shape index (κ1) is 15.6. The lowest BCUT2D eigenvalue weighted by atomic mass is 9.86. The molecule has 1 aliphatic carbocycles. The maximum absolute atomic E-state index is 11.9. The Morgan fingerprint density at radius 1 is 1.38 bits per heavy atom. The number of anilines is 2. The number of aliphatic hydroxyl groups is 1. The van der Waals surface area contributed by atoms with Crippen molar-refractivity contribution in [2.24, 2.45) is 5.92 Å². The zero-order valence-corrected chi connectivity index (χ0v) is 12.8. The summed E-state index contributed by atoms with van der Waals surface area (Å²) in [5.41, 5.74) is 7.98. The molecular formula is C16H25N3O2. The molecule has 2 rings (SSSR count). The maximum atomic E-state index is 11.9. The van der Waals surface area contributed by atoms with Gasteiger partial charge in [0.05, 0.1) is 17.5 Å². The van der Waals surface area contributed by atoms with E-state index in [9.17, 15) is 9.90 Å². The normalized spacial score (nSPS) is 21.9. The highest BCUT2D eigenvalue weighted by Gasteiger charge is 2.22. The van der Waals surface area contributed by atoms with Crippen molar-refractivity contribution in [3.63, 3.8) is 0 Å². The zero-order chi connectivity index (χ0) is 15.4. The topological polar surface area (TPSA) is 78.6 Å². The number of nitrogens with zero attached hydrogens (tertiary/aromatic N) is 1. The fourth-order valence-electron chi connectivity index (χ4n) is 2.78. The van der Waals surface area contributed by atoms with E-state index in [1.807, 2.05) is 6.07 Å². The molecule has 4 N–H and O–H groups in total. The van der Waals surface area contributed by atoms with Crippen molar-refractivity contribution in [3.8, 4) is 0 Å². The molecule has 0 aromatic heterocycles. The molecule has 1 aliphatic rings. The highest BCUT2D eigenvalue weighted by atomic mass is 16.3. The Balaban J connectivity index is 1.99. The van der Waals surface area contributed by atoms with Gasteiger partial charge in [-0.25, -0.2) is 0 Å². The van der Waals surface area contributed by atoms with Gasteiger partial charge in [0.1, 0.15) is 0 Å². The lowest BCUT2D eigenvalue weighted by Gasteiger charge is -2.28. The lowest BCUT2D eigenvalue weighted by Crippen LogP contribution is -2.30. The van der Waals surface area contributed by atoms with Crippen molar-refractivity contribution in [1.82, 2.24) is 4.90 Å². The Bertz CT molecular complexity index is 502.